The zero-order chi connectivity index (χ0) is 16.6. The molecule has 2 aromatic rings. The van der Waals surface area contributed by atoms with E-state index in [4.69, 9.17) is 5.11 Å². The van der Waals surface area contributed by atoms with Gasteiger partial charge in [0.25, 0.3) is 0 Å². The van der Waals surface area contributed by atoms with E-state index in [1.54, 1.807) is 0 Å². The highest BCUT2D eigenvalue weighted by Crippen LogP contribution is 2.33. The van der Waals surface area contributed by atoms with Gasteiger partial charge in [-0.05, 0) is 49.4 Å². The molecule has 0 spiro atoms. The number of unbranched alkanes of at least 4 members (excludes halogenated alkanes) is 1. The zero-order valence-electron chi connectivity index (χ0n) is 14.5. The van der Waals surface area contributed by atoms with Gasteiger partial charge in [-0.1, -0.05) is 73.5 Å². The maximum absolute atomic E-state index is 8.95. The second kappa shape index (κ2) is 9.00. The van der Waals surface area contributed by atoms with Crippen molar-refractivity contribution < 1.29 is 5.11 Å². The Morgan fingerprint density at radius 2 is 1.38 bits per heavy atom. The Bertz CT molecular complexity index is 536. The van der Waals surface area contributed by atoms with Gasteiger partial charge in [0.05, 0.1) is 6.04 Å². The van der Waals surface area contributed by atoms with Gasteiger partial charge in [-0.25, -0.2) is 0 Å². The van der Waals surface area contributed by atoms with Crippen molar-refractivity contribution in [1.29, 1.82) is 0 Å². The summed E-state index contributed by atoms with van der Waals surface area (Å²) in [5.41, 5.74) is 2.78. The lowest BCUT2D eigenvalue weighted by Crippen LogP contribution is -2.37. The van der Waals surface area contributed by atoms with Crippen LogP contribution in [0.15, 0.2) is 60.7 Å². The van der Waals surface area contributed by atoms with E-state index in [0.29, 0.717) is 12.6 Å². The second-order valence-electron chi connectivity index (χ2n) is 6.92. The summed E-state index contributed by atoms with van der Waals surface area (Å²) in [5.74, 6) is 0.833. The largest absolute Gasteiger partial charge is 0.396 e. The van der Waals surface area contributed by atoms with E-state index in [-0.39, 0.29) is 0 Å². The quantitative estimate of drug-likeness (QED) is 0.750. The van der Waals surface area contributed by atoms with Crippen molar-refractivity contribution >= 4 is 0 Å². The SMILES string of the molecule is OCCCCC1CCN(C(c2ccccc2)c2ccccc2)CC1. The summed E-state index contributed by atoms with van der Waals surface area (Å²) in [7, 11) is 0. The molecule has 0 bridgehead atoms. The van der Waals surface area contributed by atoms with Crippen LogP contribution in [0.2, 0.25) is 0 Å². The molecular weight excluding hydrogens is 294 g/mol. The molecule has 2 aromatic carbocycles. The van der Waals surface area contributed by atoms with Gasteiger partial charge in [-0.2, -0.15) is 0 Å². The lowest BCUT2D eigenvalue weighted by Gasteiger charge is -2.38. The Hall–Kier alpha value is -1.64. The first-order chi connectivity index (χ1) is 11.9. The molecule has 2 nitrogen and oxygen atoms in total. The predicted octanol–water partition coefficient (Wildman–Crippen LogP) is 4.65. The van der Waals surface area contributed by atoms with Crippen LogP contribution in [0.4, 0.5) is 0 Å². The molecule has 0 aromatic heterocycles. The van der Waals surface area contributed by atoms with Crippen LogP contribution in [-0.2, 0) is 0 Å². The summed E-state index contributed by atoms with van der Waals surface area (Å²) in [6.45, 7) is 2.67. The van der Waals surface area contributed by atoms with Crippen molar-refractivity contribution in [2.24, 2.45) is 5.92 Å². The Balaban J connectivity index is 1.69. The third-order valence-corrected chi connectivity index (χ3v) is 5.27. The van der Waals surface area contributed by atoms with Crippen LogP contribution in [0.1, 0.15) is 49.3 Å². The van der Waals surface area contributed by atoms with Crippen LogP contribution in [0, 0.1) is 5.92 Å². The summed E-state index contributed by atoms with van der Waals surface area (Å²) >= 11 is 0. The highest BCUT2D eigenvalue weighted by Gasteiger charge is 2.26. The van der Waals surface area contributed by atoms with E-state index in [1.807, 2.05) is 0 Å². The number of hydrogen-bond donors (Lipinski definition) is 1. The van der Waals surface area contributed by atoms with Crippen molar-refractivity contribution in [1.82, 2.24) is 4.90 Å². The van der Waals surface area contributed by atoms with E-state index in [9.17, 15) is 0 Å². The Morgan fingerprint density at radius 1 is 0.833 bits per heavy atom. The van der Waals surface area contributed by atoms with Gasteiger partial charge in [0.15, 0.2) is 0 Å². The highest BCUT2D eigenvalue weighted by molar-refractivity contribution is 5.31. The van der Waals surface area contributed by atoms with Crippen LogP contribution in [-0.4, -0.2) is 29.7 Å². The number of likely N-dealkylation sites (tertiary alicyclic amines) is 1. The molecule has 2 heteroatoms. The van der Waals surface area contributed by atoms with Gasteiger partial charge in [-0.15, -0.1) is 0 Å². The third kappa shape index (κ3) is 4.46. The fraction of sp³-hybridized carbons (Fsp3) is 0.455. The number of rotatable bonds is 7. The van der Waals surface area contributed by atoms with Crippen molar-refractivity contribution in [2.75, 3.05) is 19.7 Å². The van der Waals surface area contributed by atoms with Crippen LogP contribution in [0.25, 0.3) is 0 Å². The van der Waals surface area contributed by atoms with Crippen LogP contribution < -0.4 is 0 Å². The van der Waals surface area contributed by atoms with Crippen molar-refractivity contribution in [3.05, 3.63) is 71.8 Å². The second-order valence-corrected chi connectivity index (χ2v) is 6.92. The summed E-state index contributed by atoms with van der Waals surface area (Å²) in [6, 6.07) is 22.2. The average Bonchev–Trinajstić information content (AvgIpc) is 2.65. The lowest BCUT2D eigenvalue weighted by atomic mass is 9.88. The van der Waals surface area contributed by atoms with Gasteiger partial charge < -0.3 is 5.11 Å². The molecule has 0 saturated carbocycles. The van der Waals surface area contributed by atoms with Crippen LogP contribution in [0.3, 0.4) is 0 Å². The molecule has 0 atom stereocenters. The summed E-state index contributed by atoms with van der Waals surface area (Å²) in [4.78, 5) is 2.65. The van der Waals surface area contributed by atoms with Gasteiger partial charge in [0.1, 0.15) is 0 Å². The van der Waals surface area contributed by atoms with Crippen molar-refractivity contribution in [3.8, 4) is 0 Å². The van der Waals surface area contributed by atoms with Crippen molar-refractivity contribution in [2.45, 2.75) is 38.1 Å². The molecular formula is C22H29NO. The first-order valence-electron chi connectivity index (χ1n) is 9.33. The van der Waals surface area contributed by atoms with Gasteiger partial charge in [-0.3, -0.25) is 4.90 Å². The fourth-order valence-electron chi connectivity index (χ4n) is 3.93. The molecule has 0 unspecified atom stereocenters. The maximum Gasteiger partial charge on any atom is 0.0601 e. The smallest absolute Gasteiger partial charge is 0.0601 e. The first-order valence-corrected chi connectivity index (χ1v) is 9.33. The minimum Gasteiger partial charge on any atom is -0.396 e. The molecule has 1 N–H and O–H groups in total. The predicted molar refractivity (Wildman–Crippen MR) is 100.0 cm³/mol. The Kier molecular flexibility index (Phi) is 6.45. The Morgan fingerprint density at radius 3 is 1.88 bits per heavy atom. The summed E-state index contributed by atoms with van der Waals surface area (Å²) < 4.78 is 0. The maximum atomic E-state index is 8.95. The van der Waals surface area contributed by atoms with Crippen LogP contribution in [0.5, 0.6) is 0 Å². The molecule has 3 rings (SSSR count). The van der Waals surface area contributed by atoms with E-state index < -0.39 is 0 Å². The number of aliphatic hydroxyl groups excluding tert-OH is 1. The minimum atomic E-state index is 0.336. The molecule has 0 amide bonds. The number of hydrogen-bond acceptors (Lipinski definition) is 2. The molecule has 1 fully saturated rings. The average molecular weight is 323 g/mol. The van der Waals surface area contributed by atoms with Crippen LogP contribution >= 0.6 is 0 Å². The number of aliphatic hydroxyl groups is 1. The molecule has 1 aliphatic rings. The molecule has 1 aliphatic heterocycles. The summed E-state index contributed by atoms with van der Waals surface area (Å²) in [6.07, 6.45) is 5.96. The fourth-order valence-corrected chi connectivity index (χ4v) is 3.93. The molecule has 0 aliphatic carbocycles. The van der Waals surface area contributed by atoms with E-state index in [2.05, 4.69) is 65.6 Å². The monoisotopic (exact) mass is 323 g/mol. The molecule has 1 saturated heterocycles. The minimum absolute atomic E-state index is 0.336. The molecule has 0 radical (unpaired) electrons. The van der Waals surface area contributed by atoms with Gasteiger partial charge in [0.2, 0.25) is 0 Å². The molecule has 24 heavy (non-hydrogen) atoms. The molecule has 128 valence electrons. The first kappa shape index (κ1) is 17.2. The van der Waals surface area contributed by atoms with Crippen molar-refractivity contribution in [3.63, 3.8) is 0 Å². The van der Waals surface area contributed by atoms with E-state index in [0.717, 1.165) is 25.4 Å². The summed E-state index contributed by atoms with van der Waals surface area (Å²) in [5, 5.41) is 8.95. The number of benzene rings is 2. The third-order valence-electron chi connectivity index (χ3n) is 5.27. The zero-order valence-corrected chi connectivity index (χ0v) is 14.5. The normalized spacial score (nSPS) is 16.6. The number of nitrogens with zero attached hydrogens (tertiary/aromatic N) is 1. The highest BCUT2D eigenvalue weighted by atomic mass is 16.2. The van der Waals surface area contributed by atoms with Gasteiger partial charge >= 0.3 is 0 Å². The van der Waals surface area contributed by atoms with E-state index in [1.165, 1.54) is 36.8 Å². The van der Waals surface area contributed by atoms with Gasteiger partial charge in [0, 0.05) is 6.61 Å². The number of piperidine rings is 1. The topological polar surface area (TPSA) is 23.5 Å². The van der Waals surface area contributed by atoms with E-state index >= 15 is 0 Å². The molecule has 1 heterocycles. The lowest BCUT2D eigenvalue weighted by molar-refractivity contribution is 0.144. The Labute approximate surface area is 146 Å². The standard InChI is InChI=1S/C22H29NO/c24-18-8-7-9-19-14-16-23(17-15-19)22(20-10-3-1-4-11-20)21-12-5-2-6-13-21/h1-6,10-13,19,22,24H,7-9,14-18H2.